The molecule has 5 nitrogen and oxygen atoms in total. The number of carbonyl (C=O) groups excluding carboxylic acids is 1. The number of halogens is 1. The lowest BCUT2D eigenvalue weighted by Crippen LogP contribution is -2.30. The van der Waals surface area contributed by atoms with E-state index in [9.17, 15) is 4.79 Å². The third-order valence-electron chi connectivity index (χ3n) is 4.84. The van der Waals surface area contributed by atoms with Crippen LogP contribution in [0.1, 0.15) is 36.8 Å². The van der Waals surface area contributed by atoms with Gasteiger partial charge in [-0.3, -0.25) is 4.79 Å². The van der Waals surface area contributed by atoms with Gasteiger partial charge in [0.1, 0.15) is 11.6 Å². The number of benzene rings is 1. The highest BCUT2D eigenvalue weighted by atomic mass is 35.5. The van der Waals surface area contributed by atoms with E-state index in [1.165, 1.54) is 19.3 Å². The zero-order chi connectivity index (χ0) is 19.1. The van der Waals surface area contributed by atoms with Crippen molar-refractivity contribution in [2.75, 3.05) is 25.1 Å². The summed E-state index contributed by atoms with van der Waals surface area (Å²) in [4.78, 5) is 19.0. The van der Waals surface area contributed by atoms with E-state index >= 15 is 0 Å². The number of pyridine rings is 1. The van der Waals surface area contributed by atoms with Crippen LogP contribution in [-0.4, -0.2) is 31.1 Å². The van der Waals surface area contributed by atoms with Crippen molar-refractivity contribution in [3.63, 3.8) is 0 Å². The lowest BCUT2D eigenvalue weighted by atomic mass is 10.1. The van der Waals surface area contributed by atoms with Crippen LogP contribution in [0.15, 0.2) is 36.5 Å². The minimum Gasteiger partial charge on any atom is -0.495 e. The molecule has 1 saturated heterocycles. The van der Waals surface area contributed by atoms with Crippen LogP contribution in [0, 0.1) is 0 Å². The number of rotatable bonds is 7. The van der Waals surface area contributed by atoms with Gasteiger partial charge in [0.25, 0.3) is 0 Å². The maximum atomic E-state index is 12.1. The summed E-state index contributed by atoms with van der Waals surface area (Å²) in [5.41, 5.74) is 2.03. The van der Waals surface area contributed by atoms with Gasteiger partial charge in [-0.05, 0) is 55.0 Å². The Morgan fingerprint density at radius 3 is 2.63 bits per heavy atom. The van der Waals surface area contributed by atoms with Gasteiger partial charge in [0.05, 0.1) is 12.1 Å². The van der Waals surface area contributed by atoms with Gasteiger partial charge in [-0.25, -0.2) is 4.98 Å². The number of ether oxygens (including phenoxy) is 1. The molecule has 1 fully saturated rings. The first-order valence-corrected chi connectivity index (χ1v) is 9.82. The van der Waals surface area contributed by atoms with Gasteiger partial charge in [0, 0.05) is 32.3 Å². The maximum absolute atomic E-state index is 12.1. The Bertz CT molecular complexity index is 759. The molecule has 1 aromatic carbocycles. The van der Waals surface area contributed by atoms with Crippen molar-refractivity contribution in [1.82, 2.24) is 10.3 Å². The molecule has 2 aromatic rings. The number of aromatic nitrogens is 1. The van der Waals surface area contributed by atoms with Crippen molar-refractivity contribution < 1.29 is 9.53 Å². The first-order chi connectivity index (χ1) is 13.2. The van der Waals surface area contributed by atoms with Gasteiger partial charge in [-0.1, -0.05) is 23.7 Å². The largest absolute Gasteiger partial charge is 0.495 e. The third kappa shape index (κ3) is 5.60. The van der Waals surface area contributed by atoms with Crippen LogP contribution < -0.4 is 15.0 Å². The van der Waals surface area contributed by atoms with Gasteiger partial charge >= 0.3 is 0 Å². The van der Waals surface area contributed by atoms with Gasteiger partial charge in [-0.15, -0.1) is 0 Å². The molecule has 2 heterocycles. The van der Waals surface area contributed by atoms with Crippen LogP contribution in [-0.2, 0) is 17.8 Å². The Morgan fingerprint density at radius 2 is 1.96 bits per heavy atom. The van der Waals surface area contributed by atoms with Crippen LogP contribution in [0.2, 0.25) is 5.02 Å². The van der Waals surface area contributed by atoms with Gasteiger partial charge in [0.2, 0.25) is 5.91 Å². The molecule has 0 aliphatic carbocycles. The van der Waals surface area contributed by atoms with Crippen molar-refractivity contribution in [1.29, 1.82) is 0 Å². The molecule has 1 amide bonds. The molecule has 27 heavy (non-hydrogen) atoms. The van der Waals surface area contributed by atoms with E-state index in [4.69, 9.17) is 16.3 Å². The average molecular weight is 388 g/mol. The molecule has 1 aliphatic rings. The number of anilines is 1. The number of piperidine rings is 1. The molecule has 0 radical (unpaired) electrons. The van der Waals surface area contributed by atoms with Crippen LogP contribution in [0.5, 0.6) is 5.75 Å². The van der Waals surface area contributed by atoms with Crippen molar-refractivity contribution in [2.45, 2.75) is 38.6 Å². The molecule has 1 N–H and O–H groups in total. The summed E-state index contributed by atoms with van der Waals surface area (Å²) in [5, 5.41) is 3.52. The summed E-state index contributed by atoms with van der Waals surface area (Å²) in [5.74, 6) is 1.69. The van der Waals surface area contributed by atoms with E-state index in [1.54, 1.807) is 7.11 Å². The molecular formula is C21H26ClN3O2. The monoisotopic (exact) mass is 387 g/mol. The van der Waals surface area contributed by atoms with E-state index in [0.717, 1.165) is 30.0 Å². The molecule has 1 aliphatic heterocycles. The zero-order valence-electron chi connectivity index (χ0n) is 15.7. The van der Waals surface area contributed by atoms with E-state index in [1.807, 2.05) is 36.5 Å². The van der Waals surface area contributed by atoms with Crippen LogP contribution in [0.4, 0.5) is 5.82 Å². The fourth-order valence-electron chi connectivity index (χ4n) is 3.24. The fourth-order valence-corrected chi connectivity index (χ4v) is 3.52. The van der Waals surface area contributed by atoms with Crippen molar-refractivity contribution in [3.05, 3.63) is 52.7 Å². The predicted molar refractivity (Wildman–Crippen MR) is 108 cm³/mol. The highest BCUT2D eigenvalue weighted by Crippen LogP contribution is 2.25. The summed E-state index contributed by atoms with van der Waals surface area (Å²) in [6.07, 6.45) is 6.69. The Balaban J connectivity index is 1.44. The number of hydrogen-bond donors (Lipinski definition) is 1. The quantitative estimate of drug-likeness (QED) is 0.780. The molecule has 6 heteroatoms. The molecule has 0 atom stereocenters. The molecule has 0 unspecified atom stereocenters. The SMILES string of the molecule is COc1ccc(CCC(=O)NCc2ccc(N3CCCCC3)nc2)cc1Cl. The first kappa shape index (κ1) is 19.5. The summed E-state index contributed by atoms with van der Waals surface area (Å²) < 4.78 is 5.14. The number of methoxy groups -OCH3 is 1. The lowest BCUT2D eigenvalue weighted by Gasteiger charge is -2.27. The molecular weight excluding hydrogens is 362 g/mol. The van der Waals surface area contributed by atoms with Crippen molar-refractivity contribution in [3.8, 4) is 5.75 Å². The Labute approximate surface area is 165 Å². The number of aryl methyl sites for hydroxylation is 1. The van der Waals surface area contributed by atoms with Crippen LogP contribution in [0.25, 0.3) is 0 Å². The van der Waals surface area contributed by atoms with E-state index < -0.39 is 0 Å². The topological polar surface area (TPSA) is 54.5 Å². The second-order valence-corrected chi connectivity index (χ2v) is 7.23. The third-order valence-corrected chi connectivity index (χ3v) is 5.13. The molecule has 144 valence electrons. The molecule has 1 aromatic heterocycles. The van der Waals surface area contributed by atoms with Crippen molar-refractivity contribution >= 4 is 23.3 Å². The molecule has 0 spiro atoms. The highest BCUT2D eigenvalue weighted by molar-refractivity contribution is 6.32. The second-order valence-electron chi connectivity index (χ2n) is 6.82. The number of carbonyl (C=O) groups is 1. The smallest absolute Gasteiger partial charge is 0.220 e. The molecule has 0 saturated carbocycles. The number of nitrogens with one attached hydrogen (secondary N) is 1. The number of hydrogen-bond acceptors (Lipinski definition) is 4. The van der Waals surface area contributed by atoms with E-state index in [-0.39, 0.29) is 5.91 Å². The predicted octanol–water partition coefficient (Wildman–Crippen LogP) is 3.98. The van der Waals surface area contributed by atoms with E-state index in [2.05, 4.69) is 15.2 Å². The van der Waals surface area contributed by atoms with Crippen LogP contribution >= 0.6 is 11.6 Å². The zero-order valence-corrected chi connectivity index (χ0v) is 16.5. The molecule has 0 bridgehead atoms. The normalized spacial score (nSPS) is 14.1. The Morgan fingerprint density at radius 1 is 1.19 bits per heavy atom. The van der Waals surface area contributed by atoms with Gasteiger partial charge < -0.3 is 15.0 Å². The number of amides is 1. The standard InChI is InChI=1S/C21H26ClN3O2/c1-27-19-8-5-16(13-18(19)22)7-10-21(26)24-15-17-6-9-20(23-14-17)25-11-3-2-4-12-25/h5-6,8-9,13-14H,2-4,7,10-12,15H2,1H3,(H,24,26). The highest BCUT2D eigenvalue weighted by Gasteiger charge is 2.12. The second kappa shape index (κ2) is 9.60. The first-order valence-electron chi connectivity index (χ1n) is 9.44. The van der Waals surface area contributed by atoms with Crippen LogP contribution in [0.3, 0.4) is 0 Å². The minimum absolute atomic E-state index is 0.0158. The van der Waals surface area contributed by atoms with Gasteiger partial charge in [0.15, 0.2) is 0 Å². The summed E-state index contributed by atoms with van der Waals surface area (Å²) in [6.45, 7) is 2.66. The maximum Gasteiger partial charge on any atom is 0.220 e. The summed E-state index contributed by atoms with van der Waals surface area (Å²) >= 11 is 6.12. The van der Waals surface area contributed by atoms with Crippen molar-refractivity contribution in [2.24, 2.45) is 0 Å². The number of nitrogens with zero attached hydrogens (tertiary/aromatic N) is 2. The Hall–Kier alpha value is -2.27. The summed E-state index contributed by atoms with van der Waals surface area (Å²) in [6, 6.07) is 9.69. The Kier molecular flexibility index (Phi) is 6.93. The fraction of sp³-hybridized carbons (Fsp3) is 0.429. The minimum atomic E-state index is 0.0158. The lowest BCUT2D eigenvalue weighted by molar-refractivity contribution is -0.121. The molecule has 3 rings (SSSR count). The summed E-state index contributed by atoms with van der Waals surface area (Å²) in [7, 11) is 1.59. The van der Waals surface area contributed by atoms with Gasteiger partial charge in [-0.2, -0.15) is 0 Å². The van der Waals surface area contributed by atoms with E-state index in [0.29, 0.717) is 30.2 Å². The average Bonchev–Trinajstić information content (AvgIpc) is 2.72.